The third-order valence-corrected chi connectivity index (χ3v) is 4.61. The number of amides is 2. The van der Waals surface area contributed by atoms with Crippen molar-refractivity contribution in [3.05, 3.63) is 35.9 Å². The van der Waals surface area contributed by atoms with Crippen molar-refractivity contribution in [1.82, 2.24) is 4.90 Å². The number of rotatable bonds is 4. The largest absolute Gasteiger partial charge is 0.380 e. The van der Waals surface area contributed by atoms with Gasteiger partial charge in [0.05, 0.1) is 24.0 Å². The number of nitrogens with one attached hydrogen (secondary N) is 1. The number of anilines is 2. The Morgan fingerprint density at radius 3 is 2.88 bits per heavy atom. The Bertz CT molecular complexity index is 671. The zero-order chi connectivity index (χ0) is 17.1. The highest BCUT2D eigenvalue weighted by Crippen LogP contribution is 2.30. The molecule has 6 heteroatoms. The molecule has 1 atom stereocenters. The van der Waals surface area contributed by atoms with Gasteiger partial charge in [0.2, 0.25) is 11.8 Å². The fourth-order valence-corrected chi connectivity index (χ4v) is 3.21. The minimum Gasteiger partial charge on any atom is -0.380 e. The van der Waals surface area contributed by atoms with Crippen molar-refractivity contribution in [3.8, 4) is 0 Å². The van der Waals surface area contributed by atoms with E-state index in [0.717, 1.165) is 25.2 Å². The van der Waals surface area contributed by atoms with Crippen molar-refractivity contribution in [1.29, 1.82) is 0 Å². The molecule has 2 heterocycles. The van der Waals surface area contributed by atoms with E-state index in [1.807, 2.05) is 31.2 Å². The Balaban J connectivity index is 1.74. The second kappa shape index (κ2) is 7.15. The molecule has 0 aromatic heterocycles. The van der Waals surface area contributed by atoms with Crippen LogP contribution < -0.4 is 10.2 Å². The Hall–Kier alpha value is -2.18. The number of carbonyl (C=O) groups is 2. The first kappa shape index (κ1) is 16.7. The Morgan fingerprint density at radius 1 is 1.38 bits per heavy atom. The average Bonchev–Trinajstić information content (AvgIpc) is 2.60. The third kappa shape index (κ3) is 3.34. The lowest BCUT2D eigenvalue weighted by Crippen LogP contribution is -2.52. The summed E-state index contributed by atoms with van der Waals surface area (Å²) in [5.41, 5.74) is 2.73. The Morgan fingerprint density at radius 2 is 2.17 bits per heavy atom. The summed E-state index contributed by atoms with van der Waals surface area (Å²) in [5, 5.41) is 2.81. The zero-order valence-corrected chi connectivity index (χ0v) is 14.1. The second-order valence-electron chi connectivity index (χ2n) is 6.21. The molecule has 128 valence electrons. The van der Waals surface area contributed by atoms with E-state index in [1.54, 1.807) is 12.0 Å². The summed E-state index contributed by atoms with van der Waals surface area (Å²) in [4.78, 5) is 28.6. The van der Waals surface area contributed by atoms with Crippen molar-refractivity contribution in [2.75, 3.05) is 43.6 Å². The summed E-state index contributed by atoms with van der Waals surface area (Å²) in [7, 11) is 1.69. The van der Waals surface area contributed by atoms with Crippen LogP contribution in [0.3, 0.4) is 0 Å². The number of hydrogen-bond acceptors (Lipinski definition) is 4. The first-order chi connectivity index (χ1) is 11.6. The van der Waals surface area contributed by atoms with Crippen molar-refractivity contribution >= 4 is 23.2 Å². The van der Waals surface area contributed by atoms with Gasteiger partial charge in [0.25, 0.3) is 0 Å². The molecule has 1 N–H and O–H groups in total. The molecule has 6 nitrogen and oxygen atoms in total. The van der Waals surface area contributed by atoms with E-state index in [-0.39, 0.29) is 24.4 Å². The van der Waals surface area contributed by atoms with Crippen LogP contribution in [0.1, 0.15) is 13.3 Å². The number of carbonyl (C=O) groups excluding carboxylic acids is 2. The second-order valence-corrected chi connectivity index (χ2v) is 6.21. The van der Waals surface area contributed by atoms with Crippen LogP contribution in [0.4, 0.5) is 11.4 Å². The van der Waals surface area contributed by atoms with Gasteiger partial charge < -0.3 is 10.1 Å². The quantitative estimate of drug-likeness (QED) is 0.853. The smallest absolute Gasteiger partial charge is 0.244 e. The highest BCUT2D eigenvalue weighted by molar-refractivity contribution is 6.11. The standard InChI is InChI=1S/C18H23N3O3/c1-13(20-9-7-14(8-10-20)12-24-2)18(23)21-11-17(22)19-15-5-3-4-6-16(15)21/h3-7,13H,8-12H2,1-2H3,(H,19,22). The lowest BCUT2D eigenvalue weighted by Gasteiger charge is -2.36. The van der Waals surface area contributed by atoms with Crippen LogP contribution in [0.5, 0.6) is 0 Å². The molecule has 2 aliphatic heterocycles. The first-order valence-corrected chi connectivity index (χ1v) is 8.21. The molecule has 1 aromatic rings. The average molecular weight is 329 g/mol. The van der Waals surface area contributed by atoms with Crippen LogP contribution in [-0.4, -0.2) is 56.1 Å². The fourth-order valence-electron chi connectivity index (χ4n) is 3.21. The lowest BCUT2D eigenvalue weighted by atomic mass is 10.1. The fraction of sp³-hybridized carbons (Fsp3) is 0.444. The number of ether oxygens (including phenoxy) is 1. The molecule has 0 spiro atoms. The molecule has 0 fully saturated rings. The Kier molecular flexibility index (Phi) is 4.97. The van der Waals surface area contributed by atoms with Crippen molar-refractivity contribution in [2.24, 2.45) is 0 Å². The minimum atomic E-state index is -0.274. The molecule has 0 radical (unpaired) electrons. The van der Waals surface area contributed by atoms with Gasteiger partial charge in [0, 0.05) is 20.2 Å². The molecular formula is C18H23N3O3. The van der Waals surface area contributed by atoms with Gasteiger partial charge in [0.1, 0.15) is 6.54 Å². The molecule has 1 aromatic carbocycles. The van der Waals surface area contributed by atoms with E-state index in [2.05, 4.69) is 16.3 Å². The minimum absolute atomic E-state index is 0.0408. The van der Waals surface area contributed by atoms with Crippen molar-refractivity contribution in [2.45, 2.75) is 19.4 Å². The highest BCUT2D eigenvalue weighted by atomic mass is 16.5. The van der Waals surface area contributed by atoms with Crippen LogP contribution in [0.25, 0.3) is 0 Å². The van der Waals surface area contributed by atoms with Crippen LogP contribution in [-0.2, 0) is 14.3 Å². The molecule has 24 heavy (non-hydrogen) atoms. The molecule has 2 amide bonds. The molecule has 2 aliphatic rings. The van der Waals surface area contributed by atoms with Gasteiger partial charge in [-0.3, -0.25) is 19.4 Å². The summed E-state index contributed by atoms with van der Waals surface area (Å²) < 4.78 is 5.16. The van der Waals surface area contributed by atoms with Gasteiger partial charge in [-0.1, -0.05) is 18.2 Å². The maximum absolute atomic E-state index is 13.0. The zero-order valence-electron chi connectivity index (χ0n) is 14.1. The molecule has 1 unspecified atom stereocenters. The van der Waals surface area contributed by atoms with Gasteiger partial charge in [-0.2, -0.15) is 0 Å². The molecular weight excluding hydrogens is 306 g/mol. The summed E-state index contributed by atoms with van der Waals surface area (Å²) >= 11 is 0. The number of nitrogens with zero attached hydrogens (tertiary/aromatic N) is 2. The summed E-state index contributed by atoms with van der Waals surface area (Å²) in [5.74, 6) is -0.198. The van der Waals surface area contributed by atoms with Gasteiger partial charge >= 0.3 is 0 Å². The molecule has 0 aliphatic carbocycles. The van der Waals surface area contributed by atoms with Crippen LogP contribution in [0, 0.1) is 0 Å². The number of hydrogen-bond donors (Lipinski definition) is 1. The van der Waals surface area contributed by atoms with E-state index in [4.69, 9.17) is 4.74 Å². The lowest BCUT2D eigenvalue weighted by molar-refractivity contribution is -0.125. The van der Waals surface area contributed by atoms with Crippen LogP contribution in [0.2, 0.25) is 0 Å². The van der Waals surface area contributed by atoms with Gasteiger partial charge in [0.15, 0.2) is 0 Å². The predicted molar refractivity (Wildman–Crippen MR) is 93.0 cm³/mol. The molecule has 0 saturated carbocycles. The van der Waals surface area contributed by atoms with E-state index in [9.17, 15) is 9.59 Å². The predicted octanol–water partition coefficient (Wildman–Crippen LogP) is 1.64. The van der Waals surface area contributed by atoms with Gasteiger partial charge in [-0.25, -0.2) is 0 Å². The molecule has 3 rings (SSSR count). The summed E-state index contributed by atoms with van der Waals surface area (Å²) in [6.07, 6.45) is 3.04. The van der Waals surface area contributed by atoms with Crippen molar-refractivity contribution in [3.63, 3.8) is 0 Å². The van der Waals surface area contributed by atoms with E-state index in [0.29, 0.717) is 12.3 Å². The normalized spacial score (nSPS) is 19.3. The van der Waals surface area contributed by atoms with Gasteiger partial charge in [-0.15, -0.1) is 0 Å². The van der Waals surface area contributed by atoms with Crippen LogP contribution >= 0.6 is 0 Å². The number of fused-ring (bicyclic) bond motifs is 1. The Labute approximate surface area is 142 Å². The summed E-state index contributed by atoms with van der Waals surface area (Å²) in [6, 6.07) is 7.14. The van der Waals surface area contributed by atoms with E-state index >= 15 is 0 Å². The SMILES string of the molecule is COCC1=CCN(C(C)C(=O)N2CC(=O)Nc3ccccc32)CC1. The highest BCUT2D eigenvalue weighted by Gasteiger charge is 2.32. The first-order valence-electron chi connectivity index (χ1n) is 8.21. The van der Waals surface area contributed by atoms with E-state index in [1.165, 1.54) is 5.57 Å². The number of para-hydroxylation sites is 2. The number of methoxy groups -OCH3 is 1. The van der Waals surface area contributed by atoms with E-state index < -0.39 is 0 Å². The number of benzene rings is 1. The topological polar surface area (TPSA) is 61.9 Å². The van der Waals surface area contributed by atoms with Crippen molar-refractivity contribution < 1.29 is 14.3 Å². The third-order valence-electron chi connectivity index (χ3n) is 4.61. The summed E-state index contributed by atoms with van der Waals surface area (Å²) in [6.45, 7) is 4.18. The molecule has 0 saturated heterocycles. The monoisotopic (exact) mass is 329 g/mol. The van der Waals surface area contributed by atoms with Crippen LogP contribution in [0.15, 0.2) is 35.9 Å². The molecule has 0 bridgehead atoms. The maximum Gasteiger partial charge on any atom is 0.244 e. The van der Waals surface area contributed by atoms with Gasteiger partial charge in [-0.05, 0) is 31.1 Å². The maximum atomic E-state index is 13.0.